The molecule has 4 rings (SSSR count). The van der Waals surface area contributed by atoms with Crippen LogP contribution in [0.4, 0.5) is 9.59 Å². The third-order valence-electron chi connectivity index (χ3n) is 9.71. The molecule has 1 saturated heterocycles. The van der Waals surface area contributed by atoms with Gasteiger partial charge in [0.1, 0.15) is 0 Å². The van der Waals surface area contributed by atoms with Crippen molar-refractivity contribution in [1.29, 1.82) is 0 Å². The van der Waals surface area contributed by atoms with Crippen molar-refractivity contribution in [2.75, 3.05) is 26.7 Å². The molecular formula is C40H55N7O6. The van der Waals surface area contributed by atoms with Crippen LogP contribution in [0.2, 0.25) is 0 Å². The van der Waals surface area contributed by atoms with Gasteiger partial charge < -0.3 is 30.7 Å². The first-order valence-electron chi connectivity index (χ1n) is 18.2. The molecule has 5 unspecified atom stereocenters. The van der Waals surface area contributed by atoms with E-state index in [0.29, 0.717) is 32.5 Å². The Morgan fingerprint density at radius 2 is 1.70 bits per heavy atom. The van der Waals surface area contributed by atoms with Gasteiger partial charge in [-0.05, 0) is 40.5 Å². The van der Waals surface area contributed by atoms with Gasteiger partial charge in [-0.2, -0.15) is 0 Å². The fourth-order valence-electron chi connectivity index (χ4n) is 6.65. The molecule has 53 heavy (non-hydrogen) atoms. The van der Waals surface area contributed by atoms with Gasteiger partial charge in [-0.15, -0.1) is 0 Å². The van der Waals surface area contributed by atoms with Crippen molar-refractivity contribution >= 4 is 23.9 Å². The van der Waals surface area contributed by atoms with Crippen molar-refractivity contribution in [2.24, 2.45) is 17.3 Å². The largest absolute Gasteiger partial charge is 0.453 e. The van der Waals surface area contributed by atoms with E-state index in [1.807, 2.05) is 100 Å². The van der Waals surface area contributed by atoms with E-state index in [0.717, 1.165) is 16.7 Å². The molecule has 1 aliphatic heterocycles. The van der Waals surface area contributed by atoms with E-state index in [4.69, 9.17) is 0 Å². The average Bonchev–Trinajstić information content (AvgIpc) is 3.49. The van der Waals surface area contributed by atoms with Gasteiger partial charge in [0.15, 0.2) is 0 Å². The quantitative estimate of drug-likeness (QED) is 0.116. The summed E-state index contributed by atoms with van der Waals surface area (Å²) in [7, 11) is 1.28. The molecular weight excluding hydrogens is 674 g/mol. The number of aromatic nitrogens is 1. The number of nitrogens with zero attached hydrogens (tertiary/aromatic N) is 3. The molecule has 0 bridgehead atoms. The number of ether oxygens (including phenoxy) is 1. The van der Waals surface area contributed by atoms with Crippen molar-refractivity contribution < 1.29 is 29.0 Å². The van der Waals surface area contributed by atoms with E-state index >= 15 is 0 Å². The molecule has 0 saturated carbocycles. The van der Waals surface area contributed by atoms with Crippen LogP contribution in [-0.2, 0) is 33.8 Å². The molecule has 5 N–H and O–H groups in total. The third-order valence-corrected chi connectivity index (χ3v) is 9.71. The molecule has 13 nitrogen and oxygen atoms in total. The van der Waals surface area contributed by atoms with Gasteiger partial charge in [-0.25, -0.2) is 14.6 Å². The lowest BCUT2D eigenvalue weighted by Gasteiger charge is -2.36. The molecule has 2 heterocycles. The lowest BCUT2D eigenvalue weighted by Crippen LogP contribution is -2.56. The van der Waals surface area contributed by atoms with E-state index in [-0.39, 0.29) is 43.3 Å². The highest BCUT2D eigenvalue weighted by atomic mass is 16.5. The number of nitrogens with one attached hydrogen (secondary N) is 4. The maximum Gasteiger partial charge on any atom is 0.406 e. The van der Waals surface area contributed by atoms with Crippen LogP contribution in [0.1, 0.15) is 57.2 Å². The van der Waals surface area contributed by atoms with E-state index in [2.05, 4.69) is 31.1 Å². The first kappa shape index (κ1) is 40.8. The number of aliphatic hydroxyl groups excluding tert-OH is 1. The van der Waals surface area contributed by atoms with Gasteiger partial charge in [0.25, 0.3) is 0 Å². The summed E-state index contributed by atoms with van der Waals surface area (Å²) in [5, 5.41) is 22.4. The maximum atomic E-state index is 14.5. The number of hydrogen-bond donors (Lipinski definition) is 5. The van der Waals surface area contributed by atoms with Gasteiger partial charge in [0.05, 0.1) is 31.2 Å². The zero-order chi connectivity index (χ0) is 38.4. The van der Waals surface area contributed by atoms with Crippen LogP contribution in [0.3, 0.4) is 0 Å². The Bertz CT molecular complexity index is 1610. The number of aliphatic hydroxyl groups is 1. The van der Waals surface area contributed by atoms with Crippen LogP contribution in [0.5, 0.6) is 0 Å². The van der Waals surface area contributed by atoms with E-state index in [1.54, 1.807) is 22.3 Å². The summed E-state index contributed by atoms with van der Waals surface area (Å²) in [6.45, 7) is 8.91. The first-order chi connectivity index (χ1) is 25.4. The highest BCUT2D eigenvalue weighted by molar-refractivity contribution is 5.83. The van der Waals surface area contributed by atoms with Gasteiger partial charge >= 0.3 is 12.1 Å². The molecule has 1 aromatic heterocycles. The Morgan fingerprint density at radius 1 is 1.04 bits per heavy atom. The number of methoxy groups -OCH3 is 1. The maximum absolute atomic E-state index is 14.5. The summed E-state index contributed by atoms with van der Waals surface area (Å²) in [5.74, 6) is -1.19. The molecule has 13 heteroatoms. The standard InChI is InChI=1S/C40H55N7O6/c1-6-28(2)36(33-23-42-38(51)47(33)25-31-18-13-19-41-22-31)37(50)44-32(20-29-14-9-7-10-15-29)34(48)26-46(24-30-16-11-8-12-17-30)45-35(49)21-40(3,4)27-43-39(52)53-5/h7-19,22,28,32-34,36,48H,6,20-21,23-27H2,1-5H3,(H,42,51)(H,43,52)(H,44,50)(H,45,49). The fraction of sp³-hybridized carbons (Fsp3) is 0.475. The minimum Gasteiger partial charge on any atom is -0.453 e. The van der Waals surface area contributed by atoms with Gasteiger partial charge in [0, 0.05) is 51.5 Å². The summed E-state index contributed by atoms with van der Waals surface area (Å²) in [6.07, 6.45) is 2.84. The number of carbonyl (C=O) groups is 4. The molecule has 1 fully saturated rings. The third kappa shape index (κ3) is 12.6. The zero-order valence-electron chi connectivity index (χ0n) is 31.5. The minimum absolute atomic E-state index is 0.00382. The molecule has 0 radical (unpaired) electrons. The molecule has 2 aromatic carbocycles. The lowest BCUT2D eigenvalue weighted by atomic mass is 9.83. The van der Waals surface area contributed by atoms with Crippen molar-refractivity contribution in [2.45, 2.75) is 78.2 Å². The number of carbonyl (C=O) groups excluding carboxylic acids is 4. The smallest absolute Gasteiger partial charge is 0.406 e. The normalized spacial score (nSPS) is 16.6. The number of urea groups is 1. The monoisotopic (exact) mass is 729 g/mol. The highest BCUT2D eigenvalue weighted by Gasteiger charge is 2.43. The Labute approximate surface area is 312 Å². The number of hydrogen-bond acceptors (Lipinski definition) is 8. The molecule has 5 atom stereocenters. The number of amides is 5. The summed E-state index contributed by atoms with van der Waals surface area (Å²) < 4.78 is 4.68. The van der Waals surface area contributed by atoms with Crippen LogP contribution in [0, 0.1) is 17.3 Å². The number of benzene rings is 2. The van der Waals surface area contributed by atoms with Crippen molar-refractivity contribution in [1.82, 2.24) is 36.3 Å². The van der Waals surface area contributed by atoms with Gasteiger partial charge in [0.2, 0.25) is 11.8 Å². The first-order valence-corrected chi connectivity index (χ1v) is 18.2. The van der Waals surface area contributed by atoms with Crippen molar-refractivity contribution in [3.63, 3.8) is 0 Å². The van der Waals surface area contributed by atoms with E-state index in [9.17, 15) is 24.3 Å². The predicted octanol–water partition coefficient (Wildman–Crippen LogP) is 4.03. The molecule has 3 aromatic rings. The minimum atomic E-state index is -1.11. The Morgan fingerprint density at radius 3 is 2.32 bits per heavy atom. The number of alkyl carbamates (subject to hydrolysis) is 1. The molecule has 1 aliphatic rings. The van der Waals surface area contributed by atoms with Crippen LogP contribution >= 0.6 is 0 Å². The second-order valence-electron chi connectivity index (χ2n) is 14.6. The van der Waals surface area contributed by atoms with Crippen LogP contribution in [0.25, 0.3) is 0 Å². The second kappa shape index (κ2) is 19.7. The number of hydrazine groups is 1. The van der Waals surface area contributed by atoms with Crippen molar-refractivity contribution in [3.05, 3.63) is 102 Å². The summed E-state index contributed by atoms with van der Waals surface area (Å²) >= 11 is 0. The summed E-state index contributed by atoms with van der Waals surface area (Å²) in [6, 6.07) is 21.5. The molecule has 5 amide bonds. The highest BCUT2D eigenvalue weighted by Crippen LogP contribution is 2.28. The van der Waals surface area contributed by atoms with Crippen LogP contribution < -0.4 is 21.4 Å². The summed E-state index contributed by atoms with van der Waals surface area (Å²) in [5.41, 5.74) is 5.08. The van der Waals surface area contributed by atoms with Crippen LogP contribution in [0.15, 0.2) is 85.2 Å². The summed E-state index contributed by atoms with van der Waals surface area (Å²) in [4.78, 5) is 58.5. The second-order valence-corrected chi connectivity index (χ2v) is 14.6. The molecule has 286 valence electrons. The predicted molar refractivity (Wildman–Crippen MR) is 202 cm³/mol. The fourth-order valence-corrected chi connectivity index (χ4v) is 6.65. The van der Waals surface area contributed by atoms with Crippen LogP contribution in [-0.4, -0.2) is 88.9 Å². The SMILES string of the molecule is CCC(C)C(C(=O)NC(Cc1ccccc1)C(O)CN(Cc1ccccc1)NC(=O)CC(C)(C)CNC(=O)OC)C1CNC(=O)N1Cc1cccnc1. The number of pyridine rings is 1. The Kier molecular flexibility index (Phi) is 15.2. The Balaban J connectivity index is 1.57. The van der Waals surface area contributed by atoms with Gasteiger partial charge in [-0.3, -0.25) is 20.0 Å². The molecule has 0 aliphatic carbocycles. The van der Waals surface area contributed by atoms with E-state index < -0.39 is 35.6 Å². The zero-order valence-corrected chi connectivity index (χ0v) is 31.5. The lowest BCUT2D eigenvalue weighted by molar-refractivity contribution is -0.132. The van der Waals surface area contributed by atoms with Gasteiger partial charge in [-0.1, -0.05) is 101 Å². The number of rotatable bonds is 19. The topological polar surface area (TPSA) is 165 Å². The van der Waals surface area contributed by atoms with Crippen molar-refractivity contribution in [3.8, 4) is 0 Å². The Hall–Kier alpha value is -5.01. The average molecular weight is 730 g/mol. The molecule has 0 spiro atoms. The van der Waals surface area contributed by atoms with E-state index in [1.165, 1.54) is 7.11 Å².